The molecule has 3 heteroatoms. The number of carbonyl (C=O) groups excluding carboxylic acids is 1. The van der Waals surface area contributed by atoms with Gasteiger partial charge in [0.25, 0.3) is 0 Å². The minimum atomic E-state index is -0.0213. The number of hydrogen-bond donors (Lipinski definition) is 1. The lowest BCUT2D eigenvalue weighted by Gasteiger charge is -2.07. The van der Waals surface area contributed by atoms with Crippen LogP contribution in [0.25, 0.3) is 10.9 Å². The number of nitrogens with zero attached hydrogens (tertiary/aromatic N) is 1. The topological polar surface area (TPSA) is 34.0 Å². The molecule has 0 saturated carbocycles. The van der Waals surface area contributed by atoms with Crippen LogP contribution in [0.15, 0.2) is 60.8 Å². The quantitative estimate of drug-likeness (QED) is 0.731. The zero-order valence-corrected chi connectivity index (χ0v) is 12.1. The Morgan fingerprint density at radius 1 is 1.14 bits per heavy atom. The maximum Gasteiger partial charge on any atom is 0.226 e. The highest BCUT2D eigenvalue weighted by Crippen LogP contribution is 2.16. The van der Waals surface area contributed by atoms with Gasteiger partial charge in [-0.2, -0.15) is 0 Å². The standard InChI is InChI=1S/C19H16N2O/c1-2-15-6-5-8-17(14-15)20-19(22)11-13-21-12-10-16-7-3-4-9-18(16)21/h1,3-10,12,14H,11,13H2,(H,20,22). The van der Waals surface area contributed by atoms with E-state index in [2.05, 4.69) is 34.0 Å². The number of terminal acetylenes is 1. The predicted octanol–water partition coefficient (Wildman–Crippen LogP) is 3.65. The minimum Gasteiger partial charge on any atom is -0.347 e. The van der Waals surface area contributed by atoms with Gasteiger partial charge in [-0.1, -0.05) is 30.2 Å². The Hall–Kier alpha value is -2.99. The molecule has 3 aromatic rings. The Morgan fingerprint density at radius 3 is 2.86 bits per heavy atom. The van der Waals surface area contributed by atoms with Crippen molar-refractivity contribution in [3.8, 4) is 12.3 Å². The summed E-state index contributed by atoms with van der Waals surface area (Å²) >= 11 is 0. The molecule has 108 valence electrons. The maximum absolute atomic E-state index is 12.1. The lowest BCUT2D eigenvalue weighted by Crippen LogP contribution is -2.14. The summed E-state index contributed by atoms with van der Waals surface area (Å²) in [6, 6.07) is 17.5. The van der Waals surface area contributed by atoms with Gasteiger partial charge in [-0.25, -0.2) is 0 Å². The van der Waals surface area contributed by atoms with E-state index in [1.807, 2.05) is 36.5 Å². The number of rotatable bonds is 4. The largest absolute Gasteiger partial charge is 0.347 e. The molecule has 0 bridgehead atoms. The monoisotopic (exact) mass is 288 g/mol. The van der Waals surface area contributed by atoms with Gasteiger partial charge in [0.15, 0.2) is 0 Å². The van der Waals surface area contributed by atoms with Crippen molar-refractivity contribution in [1.29, 1.82) is 0 Å². The molecule has 0 spiro atoms. The van der Waals surface area contributed by atoms with E-state index in [-0.39, 0.29) is 5.91 Å². The number of hydrogen-bond acceptors (Lipinski definition) is 1. The summed E-state index contributed by atoms with van der Waals surface area (Å²) in [4.78, 5) is 12.1. The zero-order valence-electron chi connectivity index (χ0n) is 12.1. The van der Waals surface area contributed by atoms with E-state index in [0.29, 0.717) is 13.0 Å². The number of nitrogens with one attached hydrogen (secondary N) is 1. The second kappa shape index (κ2) is 6.19. The third kappa shape index (κ3) is 3.02. The van der Waals surface area contributed by atoms with E-state index in [1.54, 1.807) is 6.07 Å². The number of para-hydroxylation sites is 1. The first-order valence-electron chi connectivity index (χ1n) is 7.17. The Balaban J connectivity index is 1.64. The average Bonchev–Trinajstić information content (AvgIpc) is 2.96. The van der Waals surface area contributed by atoms with E-state index in [1.165, 1.54) is 5.39 Å². The molecular weight excluding hydrogens is 272 g/mol. The first-order valence-corrected chi connectivity index (χ1v) is 7.17. The molecular formula is C19H16N2O. The van der Waals surface area contributed by atoms with Crippen molar-refractivity contribution >= 4 is 22.5 Å². The molecule has 1 amide bonds. The van der Waals surface area contributed by atoms with Crippen molar-refractivity contribution in [2.45, 2.75) is 13.0 Å². The van der Waals surface area contributed by atoms with Gasteiger partial charge in [0, 0.05) is 35.9 Å². The second-order valence-electron chi connectivity index (χ2n) is 5.09. The van der Waals surface area contributed by atoms with E-state index in [4.69, 9.17) is 6.42 Å². The fraction of sp³-hybridized carbons (Fsp3) is 0.105. The van der Waals surface area contributed by atoms with Gasteiger partial charge in [-0.3, -0.25) is 4.79 Å². The van der Waals surface area contributed by atoms with Crippen LogP contribution in [0.2, 0.25) is 0 Å². The van der Waals surface area contributed by atoms with Crippen molar-refractivity contribution < 1.29 is 4.79 Å². The van der Waals surface area contributed by atoms with E-state index < -0.39 is 0 Å². The normalized spacial score (nSPS) is 10.3. The number of fused-ring (bicyclic) bond motifs is 1. The third-order valence-corrected chi connectivity index (χ3v) is 3.57. The lowest BCUT2D eigenvalue weighted by atomic mass is 10.2. The van der Waals surface area contributed by atoms with Gasteiger partial charge in [-0.15, -0.1) is 6.42 Å². The number of anilines is 1. The van der Waals surface area contributed by atoms with Gasteiger partial charge >= 0.3 is 0 Å². The maximum atomic E-state index is 12.1. The summed E-state index contributed by atoms with van der Waals surface area (Å²) in [5.41, 5.74) is 2.64. The molecule has 0 atom stereocenters. The molecule has 0 saturated heterocycles. The fourth-order valence-corrected chi connectivity index (χ4v) is 2.47. The first kappa shape index (κ1) is 14.0. The third-order valence-electron chi connectivity index (χ3n) is 3.57. The van der Waals surface area contributed by atoms with Crippen LogP contribution >= 0.6 is 0 Å². The molecule has 0 radical (unpaired) electrons. The average molecular weight is 288 g/mol. The lowest BCUT2D eigenvalue weighted by molar-refractivity contribution is -0.116. The molecule has 3 rings (SSSR count). The number of aryl methyl sites for hydroxylation is 1. The molecule has 22 heavy (non-hydrogen) atoms. The molecule has 1 N–H and O–H groups in total. The molecule has 0 fully saturated rings. The zero-order chi connectivity index (χ0) is 15.4. The van der Waals surface area contributed by atoms with Crippen molar-refractivity contribution in [1.82, 2.24) is 4.57 Å². The Kier molecular flexibility index (Phi) is 3.93. The summed E-state index contributed by atoms with van der Waals surface area (Å²) in [6.45, 7) is 0.647. The van der Waals surface area contributed by atoms with E-state index in [9.17, 15) is 4.79 Å². The highest BCUT2D eigenvalue weighted by Gasteiger charge is 2.05. The molecule has 1 aromatic heterocycles. The molecule has 2 aromatic carbocycles. The molecule has 1 heterocycles. The second-order valence-corrected chi connectivity index (χ2v) is 5.09. The summed E-state index contributed by atoms with van der Waals surface area (Å²) in [5, 5.41) is 4.06. The minimum absolute atomic E-state index is 0.0213. The SMILES string of the molecule is C#Cc1cccc(NC(=O)CCn2ccc3ccccc32)c1. The number of amides is 1. The molecule has 0 aliphatic heterocycles. The van der Waals surface area contributed by atoms with Crippen molar-refractivity contribution in [3.05, 3.63) is 66.4 Å². The highest BCUT2D eigenvalue weighted by molar-refractivity contribution is 5.91. The fourth-order valence-electron chi connectivity index (χ4n) is 2.47. The van der Waals surface area contributed by atoms with Gasteiger partial charge in [0.05, 0.1) is 0 Å². The van der Waals surface area contributed by atoms with Crippen molar-refractivity contribution in [3.63, 3.8) is 0 Å². The van der Waals surface area contributed by atoms with Crippen LogP contribution in [-0.4, -0.2) is 10.5 Å². The number of benzene rings is 2. The van der Waals surface area contributed by atoms with E-state index in [0.717, 1.165) is 16.8 Å². The van der Waals surface area contributed by atoms with Crippen LogP contribution in [-0.2, 0) is 11.3 Å². The van der Waals surface area contributed by atoms with Gasteiger partial charge in [0.2, 0.25) is 5.91 Å². The summed E-state index contributed by atoms with van der Waals surface area (Å²) in [5.74, 6) is 2.54. The van der Waals surface area contributed by atoms with Crippen LogP contribution in [0.5, 0.6) is 0 Å². The smallest absolute Gasteiger partial charge is 0.226 e. The molecule has 0 aliphatic carbocycles. The molecule has 0 unspecified atom stereocenters. The van der Waals surface area contributed by atoms with Crippen LogP contribution in [0, 0.1) is 12.3 Å². The Morgan fingerprint density at radius 2 is 2.00 bits per heavy atom. The summed E-state index contributed by atoms with van der Waals surface area (Å²) < 4.78 is 2.09. The number of aromatic nitrogens is 1. The van der Waals surface area contributed by atoms with Crippen LogP contribution in [0.3, 0.4) is 0 Å². The summed E-state index contributed by atoms with van der Waals surface area (Å²) in [6.07, 6.45) is 7.79. The van der Waals surface area contributed by atoms with Crippen LogP contribution in [0.4, 0.5) is 5.69 Å². The van der Waals surface area contributed by atoms with Gasteiger partial charge < -0.3 is 9.88 Å². The summed E-state index contributed by atoms with van der Waals surface area (Å²) in [7, 11) is 0. The van der Waals surface area contributed by atoms with Crippen LogP contribution in [0.1, 0.15) is 12.0 Å². The van der Waals surface area contributed by atoms with Gasteiger partial charge in [0.1, 0.15) is 0 Å². The number of carbonyl (C=O) groups is 1. The molecule has 3 nitrogen and oxygen atoms in total. The predicted molar refractivity (Wildman–Crippen MR) is 89.6 cm³/mol. The van der Waals surface area contributed by atoms with Crippen molar-refractivity contribution in [2.75, 3.05) is 5.32 Å². The van der Waals surface area contributed by atoms with E-state index >= 15 is 0 Å². The Bertz CT molecular complexity index is 855. The highest BCUT2D eigenvalue weighted by atomic mass is 16.1. The molecule has 0 aliphatic rings. The van der Waals surface area contributed by atoms with Crippen LogP contribution < -0.4 is 5.32 Å². The van der Waals surface area contributed by atoms with Crippen molar-refractivity contribution in [2.24, 2.45) is 0 Å². The Labute approximate surface area is 129 Å². The van der Waals surface area contributed by atoms with Gasteiger partial charge in [-0.05, 0) is 35.7 Å². The first-order chi connectivity index (χ1) is 10.8.